The van der Waals surface area contributed by atoms with Crippen molar-refractivity contribution in [1.29, 1.82) is 0 Å². The predicted molar refractivity (Wildman–Crippen MR) is 138 cm³/mol. The largest absolute Gasteiger partial charge is 0.256 e. The quantitative estimate of drug-likeness (QED) is 0.257. The number of hydrogen-bond donors (Lipinski definition) is 0. The first-order valence-corrected chi connectivity index (χ1v) is 11.4. The second kappa shape index (κ2) is 7.15. The normalized spacial score (nSPS) is 12.1. The molecule has 1 aliphatic carbocycles. The Morgan fingerprint density at radius 1 is 0.515 bits per heavy atom. The zero-order valence-corrected chi connectivity index (χ0v) is 18.1. The molecule has 1 heterocycles. The van der Waals surface area contributed by atoms with Crippen LogP contribution in [0.5, 0.6) is 0 Å². The molecule has 6 aromatic rings. The van der Waals surface area contributed by atoms with E-state index in [-0.39, 0.29) is 0 Å². The summed E-state index contributed by atoms with van der Waals surface area (Å²) in [6.45, 7) is 0. The summed E-state index contributed by atoms with van der Waals surface area (Å²) >= 11 is 0. The lowest BCUT2D eigenvalue weighted by Crippen LogP contribution is -2.03. The van der Waals surface area contributed by atoms with Crippen LogP contribution in [0.25, 0.3) is 55.1 Å². The molecular formula is C32H21N. The zero-order valence-electron chi connectivity index (χ0n) is 18.1. The standard InChI is InChI=1S/C32H21N/c1-2-9-24-23(8-1)20-29-25-10-3-4-11-27(25)31(28-13-7-12-26(24)32(28)29)22-17-15-21(16-18-22)30-14-5-6-19-33-30/h1-19H,20H2. The van der Waals surface area contributed by atoms with Gasteiger partial charge in [-0.25, -0.2) is 0 Å². The van der Waals surface area contributed by atoms with Gasteiger partial charge in [0.15, 0.2) is 0 Å². The van der Waals surface area contributed by atoms with Crippen molar-refractivity contribution in [3.63, 3.8) is 0 Å². The fourth-order valence-electron chi connectivity index (χ4n) is 5.52. The van der Waals surface area contributed by atoms with Crippen LogP contribution in [0.15, 0.2) is 115 Å². The summed E-state index contributed by atoms with van der Waals surface area (Å²) in [7, 11) is 0. The number of rotatable bonds is 2. The van der Waals surface area contributed by atoms with Crippen molar-refractivity contribution in [2.24, 2.45) is 0 Å². The van der Waals surface area contributed by atoms with Gasteiger partial charge in [-0.15, -0.1) is 0 Å². The molecule has 33 heavy (non-hydrogen) atoms. The molecule has 0 N–H and O–H groups in total. The van der Waals surface area contributed by atoms with Gasteiger partial charge in [-0.1, -0.05) is 97.1 Å². The molecule has 1 aliphatic rings. The fraction of sp³-hybridized carbons (Fsp3) is 0.0312. The van der Waals surface area contributed by atoms with E-state index in [4.69, 9.17) is 0 Å². The molecule has 0 atom stereocenters. The first-order valence-electron chi connectivity index (χ1n) is 11.4. The van der Waals surface area contributed by atoms with Crippen LogP contribution >= 0.6 is 0 Å². The SMILES string of the molecule is c1ccc(-c2ccc(-c3c4ccccc4c4c5c(cccc35)-c3ccccc3C4)cc2)nc1. The molecule has 7 rings (SSSR count). The van der Waals surface area contributed by atoms with Crippen LogP contribution in [0.2, 0.25) is 0 Å². The summed E-state index contributed by atoms with van der Waals surface area (Å²) < 4.78 is 0. The lowest BCUT2D eigenvalue weighted by atomic mass is 9.78. The van der Waals surface area contributed by atoms with Crippen molar-refractivity contribution in [1.82, 2.24) is 4.98 Å². The number of pyridine rings is 1. The van der Waals surface area contributed by atoms with E-state index < -0.39 is 0 Å². The van der Waals surface area contributed by atoms with Crippen molar-refractivity contribution in [2.45, 2.75) is 6.42 Å². The number of fused-ring (bicyclic) bond motifs is 4. The Kier molecular flexibility index (Phi) is 3.97. The van der Waals surface area contributed by atoms with Crippen LogP contribution in [0.3, 0.4) is 0 Å². The predicted octanol–water partition coefficient (Wildman–Crippen LogP) is 8.29. The van der Waals surface area contributed by atoms with Crippen LogP contribution in [-0.4, -0.2) is 4.98 Å². The molecule has 0 aliphatic heterocycles. The van der Waals surface area contributed by atoms with Gasteiger partial charge >= 0.3 is 0 Å². The average molecular weight is 420 g/mol. The van der Waals surface area contributed by atoms with Crippen molar-refractivity contribution in [3.05, 3.63) is 127 Å². The van der Waals surface area contributed by atoms with Gasteiger partial charge < -0.3 is 0 Å². The molecule has 0 fully saturated rings. The lowest BCUT2D eigenvalue weighted by molar-refractivity contribution is 1.22. The van der Waals surface area contributed by atoms with E-state index in [2.05, 4.69) is 102 Å². The average Bonchev–Trinajstić information content (AvgIpc) is 2.90. The van der Waals surface area contributed by atoms with Crippen LogP contribution in [0, 0.1) is 0 Å². The number of aromatic nitrogens is 1. The molecule has 0 radical (unpaired) electrons. The summed E-state index contributed by atoms with van der Waals surface area (Å²) in [6, 6.07) is 39.5. The minimum atomic E-state index is 0.975. The van der Waals surface area contributed by atoms with Gasteiger partial charge in [0, 0.05) is 11.8 Å². The maximum atomic E-state index is 4.51. The summed E-state index contributed by atoms with van der Waals surface area (Å²) in [5, 5.41) is 5.41. The van der Waals surface area contributed by atoms with Gasteiger partial charge in [0.25, 0.3) is 0 Å². The fourth-order valence-corrected chi connectivity index (χ4v) is 5.52. The van der Waals surface area contributed by atoms with E-state index in [1.165, 1.54) is 54.9 Å². The van der Waals surface area contributed by atoms with Crippen LogP contribution < -0.4 is 0 Å². The van der Waals surface area contributed by atoms with E-state index in [1.807, 2.05) is 18.3 Å². The van der Waals surface area contributed by atoms with Crippen LogP contribution in [-0.2, 0) is 6.42 Å². The molecular weight excluding hydrogens is 398 g/mol. The second-order valence-corrected chi connectivity index (χ2v) is 8.75. The third-order valence-electron chi connectivity index (χ3n) is 6.97. The minimum absolute atomic E-state index is 0.975. The molecule has 0 spiro atoms. The maximum Gasteiger partial charge on any atom is 0.0701 e. The Labute approximate surface area is 193 Å². The Balaban J connectivity index is 1.54. The van der Waals surface area contributed by atoms with Gasteiger partial charge in [-0.05, 0) is 73.5 Å². The highest BCUT2D eigenvalue weighted by molar-refractivity contribution is 6.19. The number of benzene rings is 5. The highest BCUT2D eigenvalue weighted by atomic mass is 14.7. The third-order valence-corrected chi connectivity index (χ3v) is 6.97. The Hall–Kier alpha value is -4.23. The number of hydrogen-bond acceptors (Lipinski definition) is 1. The lowest BCUT2D eigenvalue weighted by Gasteiger charge is -2.25. The molecule has 0 unspecified atom stereocenters. The second-order valence-electron chi connectivity index (χ2n) is 8.75. The van der Waals surface area contributed by atoms with Gasteiger partial charge in [0.05, 0.1) is 5.69 Å². The first kappa shape index (κ1) is 18.4. The van der Waals surface area contributed by atoms with E-state index in [9.17, 15) is 0 Å². The van der Waals surface area contributed by atoms with E-state index in [0.29, 0.717) is 0 Å². The molecule has 154 valence electrons. The Morgan fingerprint density at radius 2 is 1.21 bits per heavy atom. The van der Waals surface area contributed by atoms with Gasteiger partial charge in [0.2, 0.25) is 0 Å². The summed E-state index contributed by atoms with van der Waals surface area (Å²) in [5.41, 5.74) is 10.3. The third kappa shape index (κ3) is 2.76. The molecule has 0 saturated carbocycles. The van der Waals surface area contributed by atoms with Crippen molar-refractivity contribution in [2.75, 3.05) is 0 Å². The van der Waals surface area contributed by atoms with Gasteiger partial charge in [0.1, 0.15) is 0 Å². The van der Waals surface area contributed by atoms with Crippen molar-refractivity contribution >= 4 is 21.5 Å². The van der Waals surface area contributed by atoms with Gasteiger partial charge in [-0.3, -0.25) is 4.98 Å². The summed E-state index contributed by atoms with van der Waals surface area (Å²) in [4.78, 5) is 4.51. The first-order chi connectivity index (χ1) is 16.4. The Morgan fingerprint density at radius 3 is 2.06 bits per heavy atom. The minimum Gasteiger partial charge on any atom is -0.256 e. The highest BCUT2D eigenvalue weighted by Crippen LogP contribution is 2.47. The molecule has 0 amide bonds. The summed E-state index contributed by atoms with van der Waals surface area (Å²) in [5.74, 6) is 0. The van der Waals surface area contributed by atoms with Crippen LogP contribution in [0.1, 0.15) is 11.1 Å². The Bertz CT molecular complexity index is 1660. The number of nitrogens with zero attached hydrogens (tertiary/aromatic N) is 1. The van der Waals surface area contributed by atoms with E-state index in [1.54, 1.807) is 0 Å². The highest BCUT2D eigenvalue weighted by Gasteiger charge is 2.23. The van der Waals surface area contributed by atoms with E-state index >= 15 is 0 Å². The molecule has 1 nitrogen and oxygen atoms in total. The molecule has 0 bridgehead atoms. The topological polar surface area (TPSA) is 12.9 Å². The van der Waals surface area contributed by atoms with Gasteiger partial charge in [-0.2, -0.15) is 0 Å². The molecule has 0 saturated heterocycles. The van der Waals surface area contributed by atoms with Crippen molar-refractivity contribution < 1.29 is 0 Å². The van der Waals surface area contributed by atoms with Crippen molar-refractivity contribution in [3.8, 4) is 33.5 Å². The summed E-state index contributed by atoms with van der Waals surface area (Å²) in [6.07, 6.45) is 2.82. The zero-order chi connectivity index (χ0) is 21.8. The maximum absolute atomic E-state index is 4.51. The smallest absolute Gasteiger partial charge is 0.0701 e. The van der Waals surface area contributed by atoms with E-state index in [0.717, 1.165) is 17.7 Å². The molecule has 1 aromatic heterocycles. The molecule has 5 aromatic carbocycles. The molecule has 1 heteroatoms. The van der Waals surface area contributed by atoms with Crippen LogP contribution in [0.4, 0.5) is 0 Å². The monoisotopic (exact) mass is 419 g/mol.